The van der Waals surface area contributed by atoms with Crippen molar-refractivity contribution in [3.63, 3.8) is 0 Å². The van der Waals surface area contributed by atoms with Crippen molar-refractivity contribution in [1.29, 1.82) is 0 Å². The number of anilines is 1. The Labute approximate surface area is 185 Å². The molecule has 2 aliphatic heterocycles. The Balaban J connectivity index is 1.25. The van der Waals surface area contributed by atoms with Gasteiger partial charge in [-0.15, -0.1) is 0 Å². The van der Waals surface area contributed by atoms with Crippen LogP contribution in [0.15, 0.2) is 34.2 Å². The van der Waals surface area contributed by atoms with Gasteiger partial charge in [-0.1, -0.05) is 29.4 Å². The predicted octanol–water partition coefficient (Wildman–Crippen LogP) is 3.16. The van der Waals surface area contributed by atoms with E-state index in [9.17, 15) is 9.59 Å². The van der Waals surface area contributed by atoms with Gasteiger partial charge in [0.1, 0.15) is 0 Å². The van der Waals surface area contributed by atoms with E-state index in [-0.39, 0.29) is 17.5 Å². The maximum atomic E-state index is 13.1. The molecule has 1 amide bonds. The molecule has 5 rings (SSSR count). The first-order valence-corrected chi connectivity index (χ1v) is 12.0. The monoisotopic (exact) mass is 444 g/mol. The van der Waals surface area contributed by atoms with Gasteiger partial charge < -0.3 is 9.80 Å². The van der Waals surface area contributed by atoms with Crippen LogP contribution in [-0.2, 0) is 17.6 Å². The second kappa shape index (κ2) is 8.27. The number of halogens is 1. The summed E-state index contributed by atoms with van der Waals surface area (Å²) in [7, 11) is 0. The summed E-state index contributed by atoms with van der Waals surface area (Å²) in [6.07, 6.45) is 4.25. The van der Waals surface area contributed by atoms with Gasteiger partial charge in [0.25, 0.3) is 5.56 Å². The third-order valence-electron chi connectivity index (χ3n) is 6.34. The van der Waals surface area contributed by atoms with E-state index in [1.165, 1.54) is 0 Å². The summed E-state index contributed by atoms with van der Waals surface area (Å²) in [6.45, 7) is 2.96. The molecule has 1 aliphatic carbocycles. The molecular formula is C22H25ClN4O2S. The molecule has 8 heteroatoms. The maximum absolute atomic E-state index is 13.1. The molecule has 0 spiro atoms. The quantitative estimate of drug-likeness (QED) is 0.680. The second-order valence-corrected chi connectivity index (χ2v) is 9.64. The molecule has 0 N–H and O–H groups in total. The minimum Gasteiger partial charge on any atom is -0.368 e. The second-order valence-electron chi connectivity index (χ2n) is 8.22. The number of hydrogen-bond acceptors (Lipinski definition) is 5. The van der Waals surface area contributed by atoms with Crippen LogP contribution in [0.5, 0.6) is 0 Å². The van der Waals surface area contributed by atoms with Crippen LogP contribution in [0.2, 0.25) is 5.02 Å². The number of benzene rings is 1. The standard InChI is InChI=1S/C22H25ClN4O2S/c23-15-4-3-5-16(12-15)25-8-10-26(11-9-25)20(28)13-17-14-30-22-24-19-7-2-1-6-18(19)21(29)27(17)22/h3-5,12,17H,1-2,6-11,13-14H2/t17-/m0/s1. The van der Waals surface area contributed by atoms with Gasteiger partial charge in [0.15, 0.2) is 5.16 Å². The summed E-state index contributed by atoms with van der Waals surface area (Å²) in [5.41, 5.74) is 3.04. The van der Waals surface area contributed by atoms with E-state index in [1.54, 1.807) is 16.3 Å². The number of piperazine rings is 1. The van der Waals surface area contributed by atoms with E-state index in [2.05, 4.69) is 11.0 Å². The molecule has 1 aromatic carbocycles. The number of carbonyl (C=O) groups is 1. The Morgan fingerprint density at radius 1 is 1.17 bits per heavy atom. The summed E-state index contributed by atoms with van der Waals surface area (Å²) >= 11 is 7.72. The zero-order chi connectivity index (χ0) is 20.7. The van der Waals surface area contributed by atoms with Gasteiger partial charge in [0, 0.05) is 54.6 Å². The number of aromatic nitrogens is 2. The van der Waals surface area contributed by atoms with Crippen LogP contribution < -0.4 is 10.5 Å². The fourth-order valence-corrected chi connectivity index (χ4v) is 6.02. The minimum atomic E-state index is -0.0873. The number of thioether (sulfide) groups is 1. The number of nitrogens with zero attached hydrogens (tertiary/aromatic N) is 4. The van der Waals surface area contributed by atoms with Crippen LogP contribution in [0, 0.1) is 0 Å². The first kappa shape index (κ1) is 19.9. The lowest BCUT2D eigenvalue weighted by atomic mass is 9.97. The van der Waals surface area contributed by atoms with Gasteiger partial charge in [0.05, 0.1) is 11.7 Å². The molecule has 1 saturated heterocycles. The van der Waals surface area contributed by atoms with E-state index >= 15 is 0 Å². The number of carbonyl (C=O) groups excluding carboxylic acids is 1. The molecule has 0 unspecified atom stereocenters. The van der Waals surface area contributed by atoms with Crippen LogP contribution in [0.3, 0.4) is 0 Å². The minimum absolute atomic E-state index is 0.0864. The third-order valence-corrected chi connectivity index (χ3v) is 7.67. The molecule has 6 nitrogen and oxygen atoms in total. The molecule has 3 aliphatic rings. The smallest absolute Gasteiger partial charge is 0.257 e. The molecule has 0 saturated carbocycles. The van der Waals surface area contributed by atoms with Gasteiger partial charge in [-0.05, 0) is 43.9 Å². The fraction of sp³-hybridized carbons (Fsp3) is 0.500. The number of fused-ring (bicyclic) bond motifs is 2. The first-order chi connectivity index (χ1) is 14.6. The number of amides is 1. The van der Waals surface area contributed by atoms with Gasteiger partial charge >= 0.3 is 0 Å². The third kappa shape index (κ3) is 3.73. The van der Waals surface area contributed by atoms with Crippen molar-refractivity contribution < 1.29 is 4.79 Å². The maximum Gasteiger partial charge on any atom is 0.257 e. The summed E-state index contributed by atoms with van der Waals surface area (Å²) in [4.78, 5) is 35.0. The van der Waals surface area contributed by atoms with Gasteiger partial charge in [-0.25, -0.2) is 4.98 Å². The molecule has 1 fully saturated rings. The number of hydrogen-bond donors (Lipinski definition) is 0. The zero-order valence-corrected chi connectivity index (χ0v) is 18.4. The average Bonchev–Trinajstić information content (AvgIpc) is 3.16. The van der Waals surface area contributed by atoms with Crippen molar-refractivity contribution in [2.45, 2.75) is 43.3 Å². The summed E-state index contributed by atoms with van der Waals surface area (Å²) in [6, 6.07) is 7.75. The summed E-state index contributed by atoms with van der Waals surface area (Å²) in [5, 5.41) is 1.52. The Kier molecular flexibility index (Phi) is 5.50. The molecule has 1 atom stereocenters. The predicted molar refractivity (Wildman–Crippen MR) is 120 cm³/mol. The van der Waals surface area contributed by atoms with E-state index in [4.69, 9.17) is 16.6 Å². The van der Waals surface area contributed by atoms with Crippen molar-refractivity contribution >= 4 is 35.0 Å². The SMILES string of the molecule is O=C(C[C@H]1CSc2nc3c(c(=O)n21)CCCC3)N1CCN(c2cccc(Cl)c2)CC1. The normalized spacial score (nSPS) is 20.8. The highest BCUT2D eigenvalue weighted by Crippen LogP contribution is 2.34. The van der Waals surface area contributed by atoms with Crippen molar-refractivity contribution in [3.05, 3.63) is 50.9 Å². The van der Waals surface area contributed by atoms with E-state index in [0.29, 0.717) is 19.5 Å². The summed E-state index contributed by atoms with van der Waals surface area (Å²) < 4.78 is 1.80. The molecule has 0 bridgehead atoms. The Morgan fingerprint density at radius 2 is 1.97 bits per heavy atom. The molecule has 1 aromatic heterocycles. The van der Waals surface area contributed by atoms with Gasteiger partial charge in [-0.2, -0.15) is 0 Å². The van der Waals surface area contributed by atoms with Crippen LogP contribution in [0.4, 0.5) is 5.69 Å². The van der Waals surface area contributed by atoms with Crippen LogP contribution in [0.1, 0.15) is 36.6 Å². The molecule has 30 heavy (non-hydrogen) atoms. The van der Waals surface area contributed by atoms with Crippen molar-refractivity contribution in [1.82, 2.24) is 14.5 Å². The number of rotatable bonds is 3. The van der Waals surface area contributed by atoms with Crippen molar-refractivity contribution in [2.24, 2.45) is 0 Å². The average molecular weight is 445 g/mol. The van der Waals surface area contributed by atoms with Gasteiger partial charge in [-0.3, -0.25) is 14.2 Å². The highest BCUT2D eigenvalue weighted by atomic mass is 35.5. The number of aryl methyl sites for hydroxylation is 1. The van der Waals surface area contributed by atoms with Crippen molar-refractivity contribution in [2.75, 3.05) is 36.8 Å². The molecule has 3 heterocycles. The molecular weight excluding hydrogens is 420 g/mol. The van der Waals surface area contributed by atoms with Crippen LogP contribution in [-0.4, -0.2) is 52.3 Å². The molecule has 0 radical (unpaired) electrons. The highest BCUT2D eigenvalue weighted by molar-refractivity contribution is 7.99. The lowest BCUT2D eigenvalue weighted by Gasteiger charge is -2.36. The zero-order valence-electron chi connectivity index (χ0n) is 16.8. The van der Waals surface area contributed by atoms with E-state index < -0.39 is 0 Å². The largest absolute Gasteiger partial charge is 0.368 e. The molecule has 158 valence electrons. The van der Waals surface area contributed by atoms with Crippen LogP contribution in [0.25, 0.3) is 0 Å². The Hall–Kier alpha value is -1.99. The highest BCUT2D eigenvalue weighted by Gasteiger charge is 2.32. The van der Waals surface area contributed by atoms with Crippen molar-refractivity contribution in [3.8, 4) is 0 Å². The fourth-order valence-electron chi connectivity index (χ4n) is 4.68. The Morgan fingerprint density at radius 3 is 2.77 bits per heavy atom. The summed E-state index contributed by atoms with van der Waals surface area (Å²) in [5.74, 6) is 0.878. The van der Waals surface area contributed by atoms with E-state index in [0.717, 1.165) is 71.6 Å². The topological polar surface area (TPSA) is 58.4 Å². The Bertz CT molecular complexity index is 1030. The lowest BCUT2D eigenvalue weighted by molar-refractivity contribution is -0.132. The van der Waals surface area contributed by atoms with Gasteiger partial charge in [0.2, 0.25) is 5.91 Å². The van der Waals surface area contributed by atoms with E-state index in [1.807, 2.05) is 23.1 Å². The first-order valence-electron chi connectivity index (χ1n) is 10.7. The molecule has 2 aromatic rings. The van der Waals surface area contributed by atoms with Crippen LogP contribution >= 0.6 is 23.4 Å². The lowest BCUT2D eigenvalue weighted by Crippen LogP contribution is -2.49.